The van der Waals surface area contributed by atoms with Crippen molar-refractivity contribution >= 4 is 11.8 Å². The molecule has 4 nitrogen and oxygen atoms in total. The summed E-state index contributed by atoms with van der Waals surface area (Å²) in [6.07, 6.45) is 4.42. The number of carbonyl (C=O) groups is 2. The maximum atomic E-state index is 12.6. The SMILES string of the molecule is C=CCN1C(=O)CC[C@@H]2[C@H]1CCN2C(=O)Cc1ccccc1. The maximum absolute atomic E-state index is 12.6. The first-order valence-corrected chi connectivity index (χ1v) is 7.94. The number of piperidine rings is 1. The predicted octanol–water partition coefficient (Wildman–Crippen LogP) is 2.01. The number of hydrogen-bond donors (Lipinski definition) is 0. The van der Waals surface area contributed by atoms with Crippen molar-refractivity contribution in [1.82, 2.24) is 9.80 Å². The Bertz CT molecular complexity index is 570. The number of rotatable bonds is 4. The Morgan fingerprint density at radius 1 is 1.23 bits per heavy atom. The highest BCUT2D eigenvalue weighted by atomic mass is 16.2. The first kappa shape index (κ1) is 14.8. The van der Waals surface area contributed by atoms with Gasteiger partial charge in [-0.1, -0.05) is 36.4 Å². The minimum Gasteiger partial charge on any atom is -0.337 e. The monoisotopic (exact) mass is 298 g/mol. The summed E-state index contributed by atoms with van der Waals surface area (Å²) >= 11 is 0. The zero-order valence-electron chi connectivity index (χ0n) is 12.8. The normalized spacial score (nSPS) is 24.3. The standard InChI is InChI=1S/C18H22N2O2/c1-2-11-19-16-10-12-20(15(16)8-9-17(19)21)18(22)13-14-6-4-3-5-7-14/h2-7,15-16H,1,8-13H2/t15-,16-/m1/s1. The van der Waals surface area contributed by atoms with Crippen LogP contribution in [0.2, 0.25) is 0 Å². The van der Waals surface area contributed by atoms with Gasteiger partial charge in [-0.05, 0) is 18.4 Å². The van der Waals surface area contributed by atoms with Crippen molar-refractivity contribution in [3.05, 3.63) is 48.6 Å². The van der Waals surface area contributed by atoms with Crippen LogP contribution in [0.1, 0.15) is 24.8 Å². The minimum absolute atomic E-state index is 0.166. The fourth-order valence-corrected chi connectivity index (χ4v) is 3.71. The average molecular weight is 298 g/mol. The third-order valence-electron chi connectivity index (χ3n) is 4.73. The lowest BCUT2D eigenvalue weighted by atomic mass is 9.96. The molecule has 2 aliphatic heterocycles. The van der Waals surface area contributed by atoms with Gasteiger partial charge in [0, 0.05) is 19.5 Å². The van der Waals surface area contributed by atoms with Crippen molar-refractivity contribution in [1.29, 1.82) is 0 Å². The average Bonchev–Trinajstić information content (AvgIpc) is 2.95. The molecular formula is C18H22N2O2. The lowest BCUT2D eigenvalue weighted by molar-refractivity contribution is -0.141. The summed E-state index contributed by atoms with van der Waals surface area (Å²) in [7, 11) is 0. The number of nitrogens with zero attached hydrogens (tertiary/aromatic N) is 2. The lowest BCUT2D eigenvalue weighted by Gasteiger charge is -2.39. The van der Waals surface area contributed by atoms with E-state index in [0.717, 1.165) is 24.9 Å². The first-order chi connectivity index (χ1) is 10.7. The molecule has 116 valence electrons. The zero-order valence-corrected chi connectivity index (χ0v) is 12.8. The van der Waals surface area contributed by atoms with Crippen molar-refractivity contribution in [2.45, 2.75) is 37.8 Å². The highest BCUT2D eigenvalue weighted by molar-refractivity contribution is 5.81. The molecular weight excluding hydrogens is 276 g/mol. The van der Waals surface area contributed by atoms with Crippen LogP contribution in [-0.2, 0) is 16.0 Å². The van der Waals surface area contributed by atoms with Crippen LogP contribution in [0.3, 0.4) is 0 Å². The minimum atomic E-state index is 0.166. The quantitative estimate of drug-likeness (QED) is 0.798. The summed E-state index contributed by atoms with van der Waals surface area (Å²) in [5, 5.41) is 0. The van der Waals surface area contributed by atoms with Crippen molar-refractivity contribution in [2.75, 3.05) is 13.1 Å². The van der Waals surface area contributed by atoms with Crippen LogP contribution >= 0.6 is 0 Å². The second-order valence-corrected chi connectivity index (χ2v) is 6.05. The molecule has 4 heteroatoms. The molecule has 0 radical (unpaired) electrons. The summed E-state index contributed by atoms with van der Waals surface area (Å²) in [6.45, 7) is 5.07. The lowest BCUT2D eigenvalue weighted by Crippen LogP contribution is -2.53. The molecule has 0 saturated carbocycles. The number of benzene rings is 1. The maximum Gasteiger partial charge on any atom is 0.227 e. The highest BCUT2D eigenvalue weighted by Crippen LogP contribution is 2.31. The molecule has 2 saturated heterocycles. The summed E-state index contributed by atoms with van der Waals surface area (Å²) in [4.78, 5) is 28.6. The van der Waals surface area contributed by atoms with Gasteiger partial charge in [0.15, 0.2) is 0 Å². The van der Waals surface area contributed by atoms with E-state index in [-0.39, 0.29) is 23.9 Å². The zero-order chi connectivity index (χ0) is 15.5. The fourth-order valence-electron chi connectivity index (χ4n) is 3.71. The van der Waals surface area contributed by atoms with E-state index in [1.54, 1.807) is 6.08 Å². The molecule has 0 bridgehead atoms. The Morgan fingerprint density at radius 2 is 2.00 bits per heavy atom. The Labute approximate surface area is 131 Å². The Kier molecular flexibility index (Phi) is 4.27. The van der Waals surface area contributed by atoms with Crippen molar-refractivity contribution < 1.29 is 9.59 Å². The van der Waals surface area contributed by atoms with Gasteiger partial charge in [0.05, 0.1) is 18.5 Å². The number of amides is 2. The second-order valence-electron chi connectivity index (χ2n) is 6.05. The van der Waals surface area contributed by atoms with E-state index in [0.29, 0.717) is 19.4 Å². The van der Waals surface area contributed by atoms with Gasteiger partial charge in [-0.15, -0.1) is 6.58 Å². The first-order valence-electron chi connectivity index (χ1n) is 7.94. The Hall–Kier alpha value is -2.10. The number of carbonyl (C=O) groups excluding carboxylic acids is 2. The van der Waals surface area contributed by atoms with Gasteiger partial charge in [0.2, 0.25) is 11.8 Å². The van der Waals surface area contributed by atoms with Crippen LogP contribution in [0.25, 0.3) is 0 Å². The molecule has 1 aromatic carbocycles. The molecule has 0 aromatic heterocycles. The molecule has 0 unspecified atom stereocenters. The summed E-state index contributed by atoms with van der Waals surface area (Å²) in [5.74, 6) is 0.366. The van der Waals surface area contributed by atoms with Crippen molar-refractivity contribution in [3.8, 4) is 0 Å². The summed E-state index contributed by atoms with van der Waals surface area (Å²) < 4.78 is 0. The smallest absolute Gasteiger partial charge is 0.227 e. The van der Waals surface area contributed by atoms with E-state index in [1.807, 2.05) is 40.1 Å². The molecule has 0 N–H and O–H groups in total. The Balaban J connectivity index is 1.70. The van der Waals surface area contributed by atoms with E-state index < -0.39 is 0 Å². The number of likely N-dealkylation sites (tertiary alicyclic amines) is 2. The van der Waals surface area contributed by atoms with Gasteiger partial charge in [0.25, 0.3) is 0 Å². The third kappa shape index (κ3) is 2.78. The van der Waals surface area contributed by atoms with Crippen LogP contribution in [0.15, 0.2) is 43.0 Å². The largest absolute Gasteiger partial charge is 0.337 e. The van der Waals surface area contributed by atoms with Gasteiger partial charge >= 0.3 is 0 Å². The van der Waals surface area contributed by atoms with E-state index in [4.69, 9.17) is 0 Å². The van der Waals surface area contributed by atoms with Gasteiger partial charge < -0.3 is 9.80 Å². The fraction of sp³-hybridized carbons (Fsp3) is 0.444. The van der Waals surface area contributed by atoms with E-state index in [1.165, 1.54) is 0 Å². The molecule has 2 aliphatic rings. The topological polar surface area (TPSA) is 40.6 Å². The van der Waals surface area contributed by atoms with E-state index >= 15 is 0 Å². The van der Waals surface area contributed by atoms with E-state index in [2.05, 4.69) is 6.58 Å². The molecule has 2 amide bonds. The van der Waals surface area contributed by atoms with Crippen molar-refractivity contribution in [2.24, 2.45) is 0 Å². The molecule has 0 spiro atoms. The van der Waals surface area contributed by atoms with Gasteiger partial charge in [-0.25, -0.2) is 0 Å². The van der Waals surface area contributed by atoms with Gasteiger partial charge in [-0.3, -0.25) is 9.59 Å². The van der Waals surface area contributed by atoms with Crippen LogP contribution < -0.4 is 0 Å². The molecule has 2 heterocycles. The second kappa shape index (κ2) is 6.34. The highest BCUT2D eigenvalue weighted by Gasteiger charge is 2.44. The van der Waals surface area contributed by atoms with Gasteiger partial charge in [0.1, 0.15) is 0 Å². The van der Waals surface area contributed by atoms with Crippen LogP contribution in [0.4, 0.5) is 0 Å². The van der Waals surface area contributed by atoms with Crippen LogP contribution in [0.5, 0.6) is 0 Å². The molecule has 1 aromatic rings. The number of hydrogen-bond acceptors (Lipinski definition) is 2. The third-order valence-corrected chi connectivity index (χ3v) is 4.73. The predicted molar refractivity (Wildman–Crippen MR) is 85.2 cm³/mol. The molecule has 2 atom stereocenters. The van der Waals surface area contributed by atoms with Crippen LogP contribution in [0, 0.1) is 0 Å². The molecule has 2 fully saturated rings. The molecule has 22 heavy (non-hydrogen) atoms. The van der Waals surface area contributed by atoms with E-state index in [9.17, 15) is 9.59 Å². The van der Waals surface area contributed by atoms with Gasteiger partial charge in [-0.2, -0.15) is 0 Å². The van der Waals surface area contributed by atoms with Crippen LogP contribution in [-0.4, -0.2) is 46.8 Å². The number of fused-ring (bicyclic) bond motifs is 1. The Morgan fingerprint density at radius 3 is 2.73 bits per heavy atom. The molecule has 0 aliphatic carbocycles. The summed E-state index contributed by atoms with van der Waals surface area (Å²) in [6, 6.07) is 10.2. The van der Waals surface area contributed by atoms with Crippen molar-refractivity contribution in [3.63, 3.8) is 0 Å². The summed E-state index contributed by atoms with van der Waals surface area (Å²) in [5.41, 5.74) is 1.05. The molecule has 3 rings (SSSR count).